The van der Waals surface area contributed by atoms with E-state index in [0.717, 1.165) is 6.08 Å². The van der Waals surface area contributed by atoms with E-state index in [9.17, 15) is 9.59 Å². The third-order valence-corrected chi connectivity index (χ3v) is 3.10. The van der Waals surface area contributed by atoms with Gasteiger partial charge >= 0.3 is 11.9 Å². The molecule has 1 aromatic heterocycles. The van der Waals surface area contributed by atoms with Gasteiger partial charge in [-0.2, -0.15) is 0 Å². The first kappa shape index (κ1) is 17.2. The highest BCUT2D eigenvalue weighted by Crippen LogP contribution is 2.29. The number of methoxy groups -OCH3 is 1. The number of nitrogens with two attached hydrogens (primary N) is 1. The summed E-state index contributed by atoms with van der Waals surface area (Å²) in [5.74, 6) is -1.19. The van der Waals surface area contributed by atoms with Crippen molar-refractivity contribution in [2.75, 3.05) is 7.11 Å². The zero-order chi connectivity index (χ0) is 17.5. The molecule has 0 unspecified atom stereocenters. The van der Waals surface area contributed by atoms with E-state index < -0.39 is 18.0 Å². The summed E-state index contributed by atoms with van der Waals surface area (Å²) in [6.45, 7) is 0. The molecule has 8 heteroatoms. The van der Waals surface area contributed by atoms with E-state index in [4.69, 9.17) is 20.3 Å². The predicted molar refractivity (Wildman–Crippen MR) is 85.6 cm³/mol. The zero-order valence-corrected chi connectivity index (χ0v) is 12.9. The lowest BCUT2D eigenvalue weighted by Crippen LogP contribution is -2.36. The van der Waals surface area contributed by atoms with Crippen LogP contribution < -0.4 is 15.2 Å². The number of aromatic amines is 1. The largest absolute Gasteiger partial charge is 0.493 e. The first-order valence-electron chi connectivity index (χ1n) is 7.03. The number of H-pyrrole nitrogens is 1. The van der Waals surface area contributed by atoms with Crippen LogP contribution in [0.3, 0.4) is 0 Å². The first-order valence-corrected chi connectivity index (χ1v) is 7.03. The Labute approximate surface area is 137 Å². The Morgan fingerprint density at radius 1 is 1.42 bits per heavy atom. The highest BCUT2D eigenvalue weighted by Gasteiger charge is 2.19. The van der Waals surface area contributed by atoms with Crippen molar-refractivity contribution in [3.05, 3.63) is 48.1 Å². The molecule has 0 aliphatic rings. The summed E-state index contributed by atoms with van der Waals surface area (Å²) in [5.41, 5.74) is 7.06. The molecule has 0 saturated carbocycles. The normalized spacial score (nSPS) is 12.1. The number of aromatic nitrogens is 2. The molecule has 2 rings (SSSR count). The van der Waals surface area contributed by atoms with Gasteiger partial charge < -0.3 is 25.3 Å². The maximum absolute atomic E-state index is 12.1. The van der Waals surface area contributed by atoms with E-state index in [-0.39, 0.29) is 12.2 Å². The third kappa shape index (κ3) is 4.68. The molecule has 8 nitrogen and oxygen atoms in total. The summed E-state index contributed by atoms with van der Waals surface area (Å²) >= 11 is 0. The molecule has 0 bridgehead atoms. The number of hydrogen-bond donors (Lipinski definition) is 3. The van der Waals surface area contributed by atoms with Gasteiger partial charge in [-0.15, -0.1) is 0 Å². The van der Waals surface area contributed by atoms with Crippen LogP contribution in [-0.4, -0.2) is 40.2 Å². The molecule has 0 fully saturated rings. The number of esters is 1. The van der Waals surface area contributed by atoms with Crippen molar-refractivity contribution in [3.8, 4) is 11.5 Å². The highest BCUT2D eigenvalue weighted by molar-refractivity contribution is 5.85. The Morgan fingerprint density at radius 3 is 2.83 bits per heavy atom. The number of carbonyl (C=O) groups is 2. The average Bonchev–Trinajstić information content (AvgIpc) is 3.06. The first-order chi connectivity index (χ1) is 11.5. The quantitative estimate of drug-likeness (QED) is 0.392. The van der Waals surface area contributed by atoms with E-state index >= 15 is 0 Å². The van der Waals surface area contributed by atoms with E-state index in [1.165, 1.54) is 25.6 Å². The fourth-order valence-corrected chi connectivity index (χ4v) is 1.93. The Balaban J connectivity index is 2.07. The van der Waals surface area contributed by atoms with Crippen LogP contribution in [0.1, 0.15) is 11.3 Å². The van der Waals surface area contributed by atoms with Crippen LogP contribution in [0.5, 0.6) is 11.5 Å². The number of carboxylic acids is 1. The molecule has 0 spiro atoms. The Morgan fingerprint density at radius 2 is 2.21 bits per heavy atom. The second-order valence-corrected chi connectivity index (χ2v) is 4.87. The fourth-order valence-electron chi connectivity index (χ4n) is 1.93. The fraction of sp³-hybridized carbons (Fsp3) is 0.188. The summed E-state index contributed by atoms with van der Waals surface area (Å²) in [7, 11) is 1.42. The molecule has 126 valence electrons. The van der Waals surface area contributed by atoms with Crippen molar-refractivity contribution in [1.82, 2.24) is 9.97 Å². The molecule has 4 N–H and O–H groups in total. The van der Waals surface area contributed by atoms with Gasteiger partial charge in [-0.25, -0.2) is 14.6 Å². The van der Waals surface area contributed by atoms with Crippen molar-refractivity contribution in [2.45, 2.75) is 12.5 Å². The van der Waals surface area contributed by atoms with E-state index in [1.54, 1.807) is 18.3 Å². The predicted octanol–water partition coefficient (Wildman–Crippen LogP) is 0.991. The van der Waals surface area contributed by atoms with Gasteiger partial charge in [0.15, 0.2) is 11.5 Å². The van der Waals surface area contributed by atoms with Crippen molar-refractivity contribution < 1.29 is 24.2 Å². The molecule has 24 heavy (non-hydrogen) atoms. The van der Waals surface area contributed by atoms with Gasteiger partial charge in [0.25, 0.3) is 0 Å². The number of nitrogens with zero attached hydrogens (tertiary/aromatic N) is 1. The minimum absolute atomic E-state index is 0.201. The van der Waals surface area contributed by atoms with Crippen molar-refractivity contribution in [2.24, 2.45) is 5.73 Å². The van der Waals surface area contributed by atoms with Gasteiger partial charge in [-0.1, -0.05) is 6.07 Å². The van der Waals surface area contributed by atoms with Crippen LogP contribution in [-0.2, 0) is 16.0 Å². The minimum Gasteiger partial charge on any atom is -0.493 e. The van der Waals surface area contributed by atoms with Gasteiger partial charge in [-0.3, -0.25) is 0 Å². The molecule has 2 aromatic rings. The molecular weight excluding hydrogens is 314 g/mol. The van der Waals surface area contributed by atoms with Crippen molar-refractivity contribution >= 4 is 18.0 Å². The van der Waals surface area contributed by atoms with Crippen LogP contribution in [0.4, 0.5) is 0 Å². The van der Waals surface area contributed by atoms with Gasteiger partial charge in [0.05, 0.1) is 19.1 Å². The molecule has 0 saturated heterocycles. The average molecular weight is 331 g/mol. The summed E-state index contributed by atoms with van der Waals surface area (Å²) in [4.78, 5) is 29.4. The Kier molecular flexibility index (Phi) is 5.69. The topological polar surface area (TPSA) is 128 Å². The van der Waals surface area contributed by atoms with E-state index in [2.05, 4.69) is 9.97 Å². The summed E-state index contributed by atoms with van der Waals surface area (Å²) in [6.07, 6.45) is 5.79. The maximum atomic E-state index is 12.1. The van der Waals surface area contributed by atoms with Gasteiger partial charge in [0.1, 0.15) is 6.04 Å². The van der Waals surface area contributed by atoms with Crippen LogP contribution in [0.25, 0.3) is 6.08 Å². The SMILES string of the molecule is COc1cc(C=CC(=O)O)ccc1OC(=O)[C@@H](N)Cc1c[nH]cn1. The van der Waals surface area contributed by atoms with Crippen molar-refractivity contribution in [1.29, 1.82) is 0 Å². The number of carboxylic acid groups (broad SMARTS) is 1. The number of imidazole rings is 1. The minimum atomic E-state index is -1.06. The van der Waals surface area contributed by atoms with Crippen LogP contribution >= 0.6 is 0 Å². The molecule has 1 aromatic carbocycles. The number of aliphatic carboxylic acids is 1. The second kappa shape index (κ2) is 7.93. The zero-order valence-electron chi connectivity index (χ0n) is 12.9. The van der Waals surface area contributed by atoms with E-state index in [1.807, 2.05) is 0 Å². The molecule has 0 radical (unpaired) electrons. The van der Waals surface area contributed by atoms with E-state index in [0.29, 0.717) is 17.0 Å². The van der Waals surface area contributed by atoms with Gasteiger partial charge in [-0.05, 0) is 23.8 Å². The van der Waals surface area contributed by atoms with Gasteiger partial charge in [0, 0.05) is 18.7 Å². The number of carbonyl (C=O) groups excluding carboxylic acids is 1. The number of rotatable bonds is 7. The second-order valence-electron chi connectivity index (χ2n) is 4.87. The van der Waals surface area contributed by atoms with Crippen molar-refractivity contribution in [3.63, 3.8) is 0 Å². The molecule has 0 amide bonds. The lowest BCUT2D eigenvalue weighted by Gasteiger charge is -2.13. The number of ether oxygens (including phenoxy) is 2. The molecule has 0 aliphatic heterocycles. The standard InChI is InChI=1S/C16H17N3O5/c1-23-14-6-10(3-5-15(20)21)2-4-13(14)24-16(22)12(17)7-11-8-18-9-19-11/h2-6,8-9,12H,7,17H2,1H3,(H,18,19)(H,20,21)/t12-/m0/s1. The summed E-state index contributed by atoms with van der Waals surface area (Å²) in [5, 5.41) is 8.63. The van der Waals surface area contributed by atoms with Crippen LogP contribution in [0.15, 0.2) is 36.8 Å². The summed E-state index contributed by atoms with van der Waals surface area (Å²) in [6, 6.07) is 3.80. The third-order valence-electron chi connectivity index (χ3n) is 3.10. The van der Waals surface area contributed by atoms with Crippen LogP contribution in [0.2, 0.25) is 0 Å². The van der Waals surface area contributed by atoms with Crippen LogP contribution in [0, 0.1) is 0 Å². The monoisotopic (exact) mass is 331 g/mol. The van der Waals surface area contributed by atoms with Gasteiger partial charge in [0.2, 0.25) is 0 Å². The number of benzene rings is 1. The lowest BCUT2D eigenvalue weighted by atomic mass is 10.1. The number of hydrogen-bond acceptors (Lipinski definition) is 6. The molecule has 0 aliphatic carbocycles. The Bertz CT molecular complexity index is 740. The molecule has 1 heterocycles. The summed E-state index contributed by atoms with van der Waals surface area (Å²) < 4.78 is 10.4. The maximum Gasteiger partial charge on any atom is 0.328 e. The molecular formula is C16H17N3O5. The highest BCUT2D eigenvalue weighted by atomic mass is 16.6. The smallest absolute Gasteiger partial charge is 0.328 e. The number of nitrogens with one attached hydrogen (secondary N) is 1. The lowest BCUT2D eigenvalue weighted by molar-refractivity contribution is -0.136. The Hall–Kier alpha value is -3.13. The molecule has 1 atom stereocenters.